The first-order chi connectivity index (χ1) is 15.6. The fourth-order valence-corrected chi connectivity index (χ4v) is 2.92. The summed E-state index contributed by atoms with van der Waals surface area (Å²) in [6.07, 6.45) is -2.95. The van der Waals surface area contributed by atoms with Gasteiger partial charge < -0.3 is 20.4 Å². The molecular weight excluding hydrogens is 455 g/mol. The Kier molecular flexibility index (Phi) is 5.57. The minimum absolute atomic E-state index is 0.0520. The summed E-state index contributed by atoms with van der Waals surface area (Å²) in [5.74, 6) is -3.92. The zero-order chi connectivity index (χ0) is 23.8. The third-order valence-electron chi connectivity index (χ3n) is 4.47. The summed E-state index contributed by atoms with van der Waals surface area (Å²) < 4.78 is 78.6. The lowest BCUT2D eigenvalue weighted by Crippen LogP contribution is -2.28. The van der Waals surface area contributed by atoms with Gasteiger partial charge >= 0.3 is 12.2 Å². The van der Waals surface area contributed by atoms with Crippen molar-refractivity contribution in [2.45, 2.75) is 19.6 Å². The van der Waals surface area contributed by atoms with Crippen LogP contribution in [0.1, 0.15) is 17.0 Å². The Hall–Kier alpha value is -4.23. The van der Waals surface area contributed by atoms with Crippen molar-refractivity contribution in [1.29, 1.82) is 0 Å². The van der Waals surface area contributed by atoms with Crippen LogP contribution < -0.4 is 15.4 Å². The number of aromatic nitrogens is 4. The highest BCUT2D eigenvalue weighted by atomic mass is 19.4. The number of rotatable bonds is 5. The molecular formula is C19H13F5N6O3. The van der Waals surface area contributed by atoms with E-state index in [0.717, 1.165) is 24.4 Å². The van der Waals surface area contributed by atoms with E-state index >= 15 is 0 Å². The number of hydrogen-bond acceptors (Lipinski definition) is 6. The van der Waals surface area contributed by atoms with Gasteiger partial charge in [0.2, 0.25) is 0 Å². The molecule has 0 aliphatic rings. The van der Waals surface area contributed by atoms with E-state index in [1.807, 2.05) is 0 Å². The van der Waals surface area contributed by atoms with E-state index in [9.17, 15) is 26.7 Å². The zero-order valence-corrected chi connectivity index (χ0v) is 16.6. The number of aromatic amines is 1. The lowest BCUT2D eigenvalue weighted by atomic mass is 10.2. The van der Waals surface area contributed by atoms with Crippen LogP contribution in [0.5, 0.6) is 11.5 Å². The SMILES string of the molecule is Cc1nonc1CNC(=O)Nc1cc(F)c(Oc2ccnc3[nH]cc(C(F)(F)F)c23)c(F)c1. The van der Waals surface area contributed by atoms with Crippen LogP contribution >= 0.6 is 0 Å². The molecule has 3 aromatic heterocycles. The lowest BCUT2D eigenvalue weighted by molar-refractivity contribution is -0.136. The lowest BCUT2D eigenvalue weighted by Gasteiger charge is -2.13. The van der Waals surface area contributed by atoms with Crippen LogP contribution in [0.15, 0.2) is 35.2 Å². The fourth-order valence-electron chi connectivity index (χ4n) is 2.92. The number of anilines is 1. The topological polar surface area (TPSA) is 118 Å². The third-order valence-corrected chi connectivity index (χ3v) is 4.47. The second-order valence-electron chi connectivity index (χ2n) is 6.71. The molecule has 0 saturated heterocycles. The van der Waals surface area contributed by atoms with Crippen molar-refractivity contribution in [3.63, 3.8) is 0 Å². The Labute approximate surface area is 180 Å². The molecule has 33 heavy (non-hydrogen) atoms. The van der Waals surface area contributed by atoms with E-state index in [4.69, 9.17) is 4.74 Å². The molecule has 3 heterocycles. The number of H-pyrrole nitrogens is 1. The molecule has 0 bridgehead atoms. The molecule has 0 aliphatic heterocycles. The highest BCUT2D eigenvalue weighted by Crippen LogP contribution is 2.40. The van der Waals surface area contributed by atoms with Crippen LogP contribution in [-0.2, 0) is 12.7 Å². The molecule has 1 aromatic carbocycles. The summed E-state index contributed by atoms with van der Waals surface area (Å²) in [4.78, 5) is 18.1. The first-order valence-corrected chi connectivity index (χ1v) is 9.16. The molecule has 14 heteroatoms. The molecule has 0 aliphatic carbocycles. The molecule has 0 saturated carbocycles. The van der Waals surface area contributed by atoms with Crippen LogP contribution in [0.25, 0.3) is 11.0 Å². The molecule has 2 amide bonds. The second kappa shape index (κ2) is 8.37. The van der Waals surface area contributed by atoms with Gasteiger partial charge in [-0.3, -0.25) is 0 Å². The van der Waals surface area contributed by atoms with Crippen molar-refractivity contribution in [3.8, 4) is 11.5 Å². The Morgan fingerprint density at radius 3 is 2.58 bits per heavy atom. The quantitative estimate of drug-likeness (QED) is 0.367. The smallest absolute Gasteiger partial charge is 0.418 e. The van der Waals surface area contributed by atoms with Gasteiger partial charge in [0.1, 0.15) is 22.8 Å². The largest absolute Gasteiger partial charge is 0.450 e. The number of aryl methyl sites for hydroxylation is 1. The first-order valence-electron chi connectivity index (χ1n) is 9.16. The molecule has 9 nitrogen and oxygen atoms in total. The number of alkyl halides is 3. The Morgan fingerprint density at radius 2 is 1.94 bits per heavy atom. The van der Waals surface area contributed by atoms with Crippen LogP contribution in [0.4, 0.5) is 32.4 Å². The summed E-state index contributed by atoms with van der Waals surface area (Å²) in [5, 5.41) is 11.3. The minimum Gasteiger partial charge on any atom is -0.450 e. The standard InChI is InChI=1S/C19H13F5N6O3/c1-8-13(30-33-29-8)7-27-18(31)28-9-4-11(20)16(12(21)5-9)32-14-2-3-25-17-15(14)10(6-26-17)19(22,23)24/h2-6H,7H2,1H3,(H,25,26)(H2,27,28,31). The highest BCUT2D eigenvalue weighted by molar-refractivity contribution is 5.89. The first kappa shape index (κ1) is 22.0. The maximum Gasteiger partial charge on any atom is 0.418 e. The predicted octanol–water partition coefficient (Wildman–Crippen LogP) is 4.67. The van der Waals surface area contributed by atoms with Crippen LogP contribution in [0.3, 0.4) is 0 Å². The van der Waals surface area contributed by atoms with Crippen LogP contribution in [0, 0.1) is 18.6 Å². The molecule has 172 valence electrons. The van der Waals surface area contributed by atoms with Crippen LogP contribution in [0.2, 0.25) is 0 Å². The van der Waals surface area contributed by atoms with Crippen LogP contribution in [-0.4, -0.2) is 26.3 Å². The van der Waals surface area contributed by atoms with Gasteiger partial charge in [-0.05, 0) is 13.0 Å². The molecule has 0 spiro atoms. The number of halogens is 5. The van der Waals surface area contributed by atoms with E-state index in [2.05, 4.69) is 35.5 Å². The zero-order valence-electron chi connectivity index (χ0n) is 16.6. The number of hydrogen-bond donors (Lipinski definition) is 3. The summed E-state index contributed by atoms with van der Waals surface area (Å²) >= 11 is 0. The predicted molar refractivity (Wildman–Crippen MR) is 102 cm³/mol. The normalized spacial score (nSPS) is 11.6. The van der Waals surface area contributed by atoms with Gasteiger partial charge in [0.15, 0.2) is 17.4 Å². The summed E-state index contributed by atoms with van der Waals surface area (Å²) in [5.41, 5.74) is -0.724. The molecule has 4 aromatic rings. The van der Waals surface area contributed by atoms with Gasteiger partial charge in [-0.1, -0.05) is 10.3 Å². The number of benzene rings is 1. The summed E-state index contributed by atoms with van der Waals surface area (Å²) in [7, 11) is 0. The number of carbonyl (C=O) groups excluding carboxylic acids is 1. The molecule has 0 radical (unpaired) electrons. The molecule has 4 rings (SSSR count). The van der Waals surface area contributed by atoms with Crippen molar-refractivity contribution in [2.24, 2.45) is 0 Å². The third kappa shape index (κ3) is 4.53. The van der Waals surface area contributed by atoms with Crippen molar-refractivity contribution in [3.05, 3.63) is 59.2 Å². The minimum atomic E-state index is -4.75. The Bertz CT molecular complexity index is 1310. The number of pyridine rings is 1. The Morgan fingerprint density at radius 1 is 1.21 bits per heavy atom. The molecule has 0 unspecified atom stereocenters. The van der Waals surface area contributed by atoms with Gasteiger partial charge in [-0.25, -0.2) is 23.2 Å². The van der Waals surface area contributed by atoms with Crippen molar-refractivity contribution in [1.82, 2.24) is 25.6 Å². The van der Waals surface area contributed by atoms with E-state index in [1.54, 1.807) is 6.92 Å². The number of nitrogens with one attached hydrogen (secondary N) is 3. The second-order valence-corrected chi connectivity index (χ2v) is 6.71. The average Bonchev–Trinajstić information content (AvgIpc) is 3.35. The Balaban J connectivity index is 1.54. The number of fused-ring (bicyclic) bond motifs is 1. The average molecular weight is 468 g/mol. The van der Waals surface area contributed by atoms with Crippen molar-refractivity contribution >= 4 is 22.8 Å². The number of nitrogens with zero attached hydrogens (tertiary/aromatic N) is 3. The summed E-state index contributed by atoms with van der Waals surface area (Å²) in [6, 6.07) is 1.75. The monoisotopic (exact) mass is 468 g/mol. The van der Waals surface area contributed by atoms with Crippen molar-refractivity contribution in [2.75, 3.05) is 5.32 Å². The number of amides is 2. The number of carbonyl (C=O) groups is 1. The van der Waals surface area contributed by atoms with E-state index in [1.165, 1.54) is 0 Å². The van der Waals surface area contributed by atoms with Gasteiger partial charge in [0, 0.05) is 30.2 Å². The van der Waals surface area contributed by atoms with E-state index < -0.39 is 46.3 Å². The molecule has 0 fully saturated rings. The van der Waals surface area contributed by atoms with E-state index in [-0.39, 0.29) is 17.9 Å². The van der Waals surface area contributed by atoms with Gasteiger partial charge in [0.05, 0.1) is 17.5 Å². The number of urea groups is 1. The number of ether oxygens (including phenoxy) is 1. The summed E-state index contributed by atoms with van der Waals surface area (Å²) in [6.45, 7) is 1.56. The molecule has 3 N–H and O–H groups in total. The van der Waals surface area contributed by atoms with E-state index in [0.29, 0.717) is 17.6 Å². The van der Waals surface area contributed by atoms with Gasteiger partial charge in [0.25, 0.3) is 0 Å². The molecule has 0 atom stereocenters. The van der Waals surface area contributed by atoms with Crippen molar-refractivity contribution < 1.29 is 36.1 Å². The van der Waals surface area contributed by atoms with Gasteiger partial charge in [-0.2, -0.15) is 13.2 Å². The fraction of sp³-hybridized carbons (Fsp3) is 0.158. The maximum atomic E-state index is 14.6. The van der Waals surface area contributed by atoms with Gasteiger partial charge in [-0.15, -0.1) is 0 Å². The highest BCUT2D eigenvalue weighted by Gasteiger charge is 2.35. The maximum absolute atomic E-state index is 14.6.